The van der Waals surface area contributed by atoms with Crippen molar-refractivity contribution in [3.05, 3.63) is 206 Å². The minimum absolute atomic E-state index is 0.607. The van der Waals surface area contributed by atoms with E-state index >= 15 is 0 Å². The van der Waals surface area contributed by atoms with Crippen LogP contribution in [0.2, 0.25) is 0 Å². The van der Waals surface area contributed by atoms with Crippen molar-refractivity contribution in [1.82, 2.24) is 19.5 Å². The first-order valence-electron chi connectivity index (χ1n) is 20.9. The SMILES string of the molecule is c1ccc(-c2ccc(-c3nc(-c4ccc5ccccc5c4)nc(-c4ccc5ccc6oc7c(-n8c9ccccc9c9cc%10ccccc%10cc98)cccc7c6c5c4)n3)cc2)cc1. The van der Waals surface area contributed by atoms with E-state index in [1.165, 1.54) is 26.9 Å². The van der Waals surface area contributed by atoms with E-state index in [0.29, 0.717) is 17.5 Å². The Balaban J connectivity index is 1.00. The number of fused-ring (bicyclic) bond motifs is 10. The van der Waals surface area contributed by atoms with E-state index in [0.717, 1.165) is 82.6 Å². The molecule has 0 radical (unpaired) electrons. The molecule has 0 unspecified atom stereocenters. The van der Waals surface area contributed by atoms with Crippen molar-refractivity contribution in [2.24, 2.45) is 0 Å². The molecule has 0 aliphatic rings. The van der Waals surface area contributed by atoms with Crippen molar-refractivity contribution < 1.29 is 4.42 Å². The average Bonchev–Trinajstić information content (AvgIpc) is 3.89. The van der Waals surface area contributed by atoms with Gasteiger partial charge in [-0.15, -0.1) is 0 Å². The molecule has 5 heteroatoms. The van der Waals surface area contributed by atoms with Gasteiger partial charge in [0.15, 0.2) is 23.1 Å². The van der Waals surface area contributed by atoms with Crippen LogP contribution in [-0.4, -0.2) is 19.5 Å². The number of furan rings is 1. The van der Waals surface area contributed by atoms with Gasteiger partial charge in [0, 0.05) is 38.2 Å². The maximum Gasteiger partial charge on any atom is 0.164 e. The number of para-hydroxylation sites is 2. The summed E-state index contributed by atoms with van der Waals surface area (Å²) in [7, 11) is 0. The van der Waals surface area contributed by atoms with E-state index in [9.17, 15) is 0 Å². The third-order valence-electron chi connectivity index (χ3n) is 12.4. The molecule has 0 atom stereocenters. The predicted molar refractivity (Wildman–Crippen MR) is 256 cm³/mol. The van der Waals surface area contributed by atoms with Gasteiger partial charge >= 0.3 is 0 Å². The summed E-state index contributed by atoms with van der Waals surface area (Å²) < 4.78 is 9.28. The van der Waals surface area contributed by atoms with Crippen LogP contribution >= 0.6 is 0 Å². The number of nitrogens with zero attached hydrogens (tertiary/aromatic N) is 4. The summed E-state index contributed by atoms with van der Waals surface area (Å²) in [5, 5.41) is 11.5. The van der Waals surface area contributed by atoms with Gasteiger partial charge in [-0.05, 0) is 85.9 Å². The summed E-state index contributed by atoms with van der Waals surface area (Å²) in [5.74, 6) is 1.85. The summed E-state index contributed by atoms with van der Waals surface area (Å²) in [4.78, 5) is 15.5. The Bertz CT molecular complexity index is 3920. The summed E-state index contributed by atoms with van der Waals surface area (Å²) in [6.45, 7) is 0. The lowest BCUT2D eigenvalue weighted by Crippen LogP contribution is -2.00. The minimum Gasteiger partial charge on any atom is -0.454 e. The zero-order valence-electron chi connectivity index (χ0n) is 33.3. The van der Waals surface area contributed by atoms with Gasteiger partial charge in [-0.25, -0.2) is 15.0 Å². The second kappa shape index (κ2) is 13.6. The number of rotatable bonds is 5. The van der Waals surface area contributed by atoms with Gasteiger partial charge in [0.2, 0.25) is 0 Å². The average molecular weight is 791 g/mol. The Kier molecular flexibility index (Phi) is 7.54. The molecule has 0 bridgehead atoms. The van der Waals surface area contributed by atoms with Gasteiger partial charge in [-0.1, -0.05) is 164 Å². The van der Waals surface area contributed by atoms with Gasteiger partial charge in [0.05, 0.1) is 16.7 Å². The molecule has 0 spiro atoms. The van der Waals surface area contributed by atoms with Crippen LogP contribution in [0, 0.1) is 0 Å². The highest BCUT2D eigenvalue weighted by Gasteiger charge is 2.20. The molecule has 13 aromatic rings. The molecule has 3 aromatic heterocycles. The monoisotopic (exact) mass is 790 g/mol. The maximum absolute atomic E-state index is 6.91. The van der Waals surface area contributed by atoms with Crippen molar-refractivity contribution in [1.29, 1.82) is 0 Å². The summed E-state index contributed by atoms with van der Waals surface area (Å²) in [6.07, 6.45) is 0. The first kappa shape index (κ1) is 34.5. The molecule has 3 heterocycles. The highest BCUT2D eigenvalue weighted by atomic mass is 16.3. The quantitative estimate of drug-likeness (QED) is 0.174. The molecule has 0 N–H and O–H groups in total. The van der Waals surface area contributed by atoms with Gasteiger partial charge in [0.25, 0.3) is 0 Å². The lowest BCUT2D eigenvalue weighted by molar-refractivity contribution is 0.666. The third kappa shape index (κ3) is 5.45. The number of benzene rings is 10. The first-order chi connectivity index (χ1) is 30.7. The summed E-state index contributed by atoms with van der Waals surface area (Å²) in [6, 6.07) is 72.8. The summed E-state index contributed by atoms with van der Waals surface area (Å²) in [5.41, 5.74) is 10.0. The van der Waals surface area contributed by atoms with Crippen molar-refractivity contribution in [3.8, 4) is 51.0 Å². The van der Waals surface area contributed by atoms with Crippen molar-refractivity contribution in [2.45, 2.75) is 0 Å². The molecule has 5 nitrogen and oxygen atoms in total. The van der Waals surface area contributed by atoms with Crippen molar-refractivity contribution in [3.63, 3.8) is 0 Å². The third-order valence-corrected chi connectivity index (χ3v) is 12.4. The number of hydrogen-bond acceptors (Lipinski definition) is 4. The zero-order valence-corrected chi connectivity index (χ0v) is 33.3. The number of aromatic nitrogens is 4. The molecule has 62 heavy (non-hydrogen) atoms. The normalized spacial score (nSPS) is 11.9. The van der Waals surface area contributed by atoms with Crippen LogP contribution in [0.25, 0.3) is 127 Å². The molecule has 0 saturated carbocycles. The molecule has 0 saturated heterocycles. The van der Waals surface area contributed by atoms with E-state index in [-0.39, 0.29) is 0 Å². The van der Waals surface area contributed by atoms with Gasteiger partial charge in [0.1, 0.15) is 5.58 Å². The van der Waals surface area contributed by atoms with Crippen LogP contribution in [0.5, 0.6) is 0 Å². The lowest BCUT2D eigenvalue weighted by atomic mass is 10.0. The molecule has 0 aliphatic carbocycles. The predicted octanol–water partition coefficient (Wildman–Crippen LogP) is 15.0. The van der Waals surface area contributed by atoms with Crippen molar-refractivity contribution in [2.75, 3.05) is 0 Å². The molecular weight excluding hydrogens is 757 g/mol. The maximum atomic E-state index is 6.91. The Morgan fingerprint density at radius 1 is 0.323 bits per heavy atom. The van der Waals surface area contributed by atoms with Gasteiger partial charge in [-0.2, -0.15) is 0 Å². The van der Waals surface area contributed by atoms with Crippen molar-refractivity contribution >= 4 is 76.1 Å². The smallest absolute Gasteiger partial charge is 0.164 e. The molecule has 13 rings (SSSR count). The Labute approximate surface area is 355 Å². The van der Waals surface area contributed by atoms with Crippen LogP contribution in [-0.2, 0) is 0 Å². The zero-order chi connectivity index (χ0) is 40.7. The Hall–Kier alpha value is -8.41. The van der Waals surface area contributed by atoms with Gasteiger partial charge < -0.3 is 8.98 Å². The molecule has 0 aliphatic heterocycles. The van der Waals surface area contributed by atoms with Crippen LogP contribution < -0.4 is 0 Å². The fourth-order valence-electron chi connectivity index (χ4n) is 9.37. The van der Waals surface area contributed by atoms with Crippen LogP contribution in [0.1, 0.15) is 0 Å². The van der Waals surface area contributed by atoms with Crippen LogP contribution in [0.15, 0.2) is 211 Å². The topological polar surface area (TPSA) is 56.7 Å². The van der Waals surface area contributed by atoms with E-state index < -0.39 is 0 Å². The highest BCUT2D eigenvalue weighted by Crippen LogP contribution is 2.42. The minimum atomic E-state index is 0.607. The molecule has 0 fully saturated rings. The Morgan fingerprint density at radius 2 is 0.887 bits per heavy atom. The second-order valence-electron chi connectivity index (χ2n) is 16.0. The van der Waals surface area contributed by atoms with E-state index in [2.05, 4.69) is 205 Å². The van der Waals surface area contributed by atoms with Crippen LogP contribution in [0.3, 0.4) is 0 Å². The second-order valence-corrected chi connectivity index (χ2v) is 16.0. The fraction of sp³-hybridized carbons (Fsp3) is 0. The van der Waals surface area contributed by atoms with Gasteiger partial charge in [-0.3, -0.25) is 0 Å². The fourth-order valence-corrected chi connectivity index (χ4v) is 9.37. The molecular formula is C57H34N4O. The largest absolute Gasteiger partial charge is 0.454 e. The summed E-state index contributed by atoms with van der Waals surface area (Å²) >= 11 is 0. The highest BCUT2D eigenvalue weighted by molar-refractivity contribution is 6.21. The van der Waals surface area contributed by atoms with E-state index in [4.69, 9.17) is 19.4 Å². The molecule has 0 amide bonds. The van der Waals surface area contributed by atoms with Crippen LogP contribution in [0.4, 0.5) is 0 Å². The molecule has 10 aromatic carbocycles. The van der Waals surface area contributed by atoms with E-state index in [1.807, 2.05) is 6.07 Å². The Morgan fingerprint density at radius 3 is 1.68 bits per heavy atom. The lowest BCUT2D eigenvalue weighted by Gasteiger charge is -2.11. The number of hydrogen-bond donors (Lipinski definition) is 0. The first-order valence-corrected chi connectivity index (χ1v) is 20.9. The standard InChI is InChI=1S/C57H34N4O/c1-2-11-35(12-3-1)37-21-25-39(26-22-37)55-58-56(43-27-23-36-13-4-5-14-40(36)31-43)60-57(59-55)44-28-24-38-29-30-52-53(47(38)33-44)46-18-10-20-50(54(46)62-52)61-49-19-9-8-17-45(49)48-32-41-15-6-7-16-42(41)34-51(48)61/h1-34H. The molecule has 288 valence electrons. The van der Waals surface area contributed by atoms with E-state index in [1.54, 1.807) is 0 Å².